The monoisotopic (exact) mass is 284 g/mol. The van der Waals surface area contributed by atoms with Gasteiger partial charge in [0, 0.05) is 23.1 Å². The Balaban J connectivity index is 2.04. The zero-order valence-electron chi connectivity index (χ0n) is 12.8. The van der Waals surface area contributed by atoms with Gasteiger partial charge in [-0.3, -0.25) is 0 Å². The Hall–Kier alpha value is -2.16. The predicted octanol–water partition coefficient (Wildman–Crippen LogP) is 4.25. The maximum absolute atomic E-state index is 10.2. The first kappa shape index (κ1) is 13.8. The second kappa shape index (κ2) is 4.99. The largest absolute Gasteiger partial charge is 0.504 e. The van der Waals surface area contributed by atoms with Crippen LogP contribution in [0.3, 0.4) is 0 Å². The summed E-state index contributed by atoms with van der Waals surface area (Å²) in [5.41, 5.74) is 4.30. The third-order valence-corrected chi connectivity index (χ3v) is 4.31. The van der Waals surface area contributed by atoms with E-state index < -0.39 is 0 Å². The Morgan fingerprint density at radius 3 is 2.43 bits per heavy atom. The lowest BCUT2D eigenvalue weighted by Gasteiger charge is -2.16. The predicted molar refractivity (Wildman–Crippen MR) is 82.4 cm³/mol. The summed E-state index contributed by atoms with van der Waals surface area (Å²) in [7, 11) is 1.55. The van der Waals surface area contributed by atoms with E-state index in [9.17, 15) is 5.11 Å². The number of fused-ring (bicyclic) bond motifs is 1. The molecular weight excluding hydrogens is 264 g/mol. The van der Waals surface area contributed by atoms with Gasteiger partial charge < -0.3 is 14.6 Å². The lowest BCUT2D eigenvalue weighted by molar-refractivity contribution is 0.215. The molecule has 1 aliphatic rings. The van der Waals surface area contributed by atoms with E-state index in [1.54, 1.807) is 13.2 Å². The Bertz CT molecular complexity index is 674. The van der Waals surface area contributed by atoms with E-state index in [0.29, 0.717) is 5.75 Å². The first-order valence-corrected chi connectivity index (χ1v) is 7.16. The lowest BCUT2D eigenvalue weighted by Crippen LogP contribution is -2.07. The van der Waals surface area contributed by atoms with Gasteiger partial charge in [-0.1, -0.05) is 36.8 Å². The minimum Gasteiger partial charge on any atom is -0.504 e. The van der Waals surface area contributed by atoms with Gasteiger partial charge in [-0.25, -0.2) is 0 Å². The van der Waals surface area contributed by atoms with Gasteiger partial charge in [0.1, 0.15) is 11.9 Å². The van der Waals surface area contributed by atoms with Crippen LogP contribution in [0.1, 0.15) is 41.2 Å². The smallest absolute Gasteiger partial charge is 0.164 e. The van der Waals surface area contributed by atoms with Crippen molar-refractivity contribution in [2.75, 3.05) is 7.11 Å². The quantitative estimate of drug-likeness (QED) is 0.895. The van der Waals surface area contributed by atoms with E-state index in [2.05, 4.69) is 38.1 Å². The molecule has 0 amide bonds. The number of aromatic hydroxyl groups is 1. The number of phenolic OH excluding ortho intramolecular Hbond substituents is 1. The topological polar surface area (TPSA) is 38.7 Å². The van der Waals surface area contributed by atoms with Gasteiger partial charge in [0.15, 0.2) is 11.5 Å². The Labute approximate surface area is 125 Å². The van der Waals surface area contributed by atoms with Gasteiger partial charge >= 0.3 is 0 Å². The highest BCUT2D eigenvalue weighted by molar-refractivity contribution is 5.59. The average molecular weight is 284 g/mol. The van der Waals surface area contributed by atoms with Crippen LogP contribution in [0, 0.1) is 13.8 Å². The van der Waals surface area contributed by atoms with Crippen LogP contribution in [0.2, 0.25) is 0 Å². The number of ether oxygens (including phenoxy) is 2. The van der Waals surface area contributed by atoms with Gasteiger partial charge in [-0.2, -0.15) is 0 Å². The molecule has 0 aromatic heterocycles. The van der Waals surface area contributed by atoms with Crippen molar-refractivity contribution in [2.45, 2.75) is 32.8 Å². The van der Waals surface area contributed by atoms with Crippen molar-refractivity contribution in [2.24, 2.45) is 0 Å². The van der Waals surface area contributed by atoms with Gasteiger partial charge in [-0.05, 0) is 19.4 Å². The molecule has 3 nitrogen and oxygen atoms in total. The molecule has 110 valence electrons. The zero-order chi connectivity index (χ0) is 15.1. The minimum atomic E-state index is -0.0224. The maximum atomic E-state index is 10.2. The molecule has 2 atom stereocenters. The third kappa shape index (κ3) is 2.13. The van der Waals surface area contributed by atoms with Crippen molar-refractivity contribution < 1.29 is 14.6 Å². The Morgan fingerprint density at radius 2 is 1.81 bits per heavy atom. The molecule has 1 heterocycles. The van der Waals surface area contributed by atoms with Crippen molar-refractivity contribution in [1.29, 1.82) is 0 Å². The van der Waals surface area contributed by atoms with E-state index in [1.807, 2.05) is 6.92 Å². The third-order valence-electron chi connectivity index (χ3n) is 4.31. The summed E-state index contributed by atoms with van der Waals surface area (Å²) in [5.74, 6) is 1.67. The normalized spacial score (nSPS) is 20.0. The van der Waals surface area contributed by atoms with Gasteiger partial charge in [0.2, 0.25) is 0 Å². The molecule has 0 saturated carbocycles. The van der Waals surface area contributed by atoms with E-state index in [0.717, 1.165) is 22.4 Å². The number of hydrogen-bond donors (Lipinski definition) is 1. The lowest BCUT2D eigenvalue weighted by atomic mass is 9.89. The maximum Gasteiger partial charge on any atom is 0.164 e. The standard InChI is InChI=1S/C18H20O3/c1-10-5-7-13(8-6-10)18-12(3)16-11(2)17(19)15(20-4)9-14(16)21-18/h5-9,12,18-19H,1-4H3/t12?,18-/m1/s1. The van der Waals surface area contributed by atoms with Crippen molar-refractivity contribution in [3.05, 3.63) is 52.6 Å². The highest BCUT2D eigenvalue weighted by Crippen LogP contribution is 2.51. The van der Waals surface area contributed by atoms with Crippen LogP contribution >= 0.6 is 0 Å². The second-order valence-corrected chi connectivity index (χ2v) is 5.70. The molecule has 0 radical (unpaired) electrons. The van der Waals surface area contributed by atoms with Gasteiger partial charge in [0.25, 0.3) is 0 Å². The molecule has 3 rings (SSSR count). The number of phenols is 1. The van der Waals surface area contributed by atoms with Crippen LogP contribution in [-0.2, 0) is 0 Å². The number of methoxy groups -OCH3 is 1. The summed E-state index contributed by atoms with van der Waals surface area (Å²) < 4.78 is 11.3. The van der Waals surface area contributed by atoms with Crippen LogP contribution in [-0.4, -0.2) is 12.2 Å². The van der Waals surface area contributed by atoms with Gasteiger partial charge in [-0.15, -0.1) is 0 Å². The molecule has 1 N–H and O–H groups in total. The SMILES string of the molecule is COc1cc2c(c(C)c1O)C(C)[C@H](c1ccc(C)cc1)O2. The van der Waals surface area contributed by atoms with E-state index >= 15 is 0 Å². The first-order valence-electron chi connectivity index (χ1n) is 7.16. The molecule has 2 aromatic carbocycles. The minimum absolute atomic E-state index is 0.0224. The summed E-state index contributed by atoms with van der Waals surface area (Å²) in [6, 6.07) is 10.2. The van der Waals surface area contributed by atoms with Crippen LogP contribution in [0.25, 0.3) is 0 Å². The number of hydrogen-bond acceptors (Lipinski definition) is 3. The van der Waals surface area contributed by atoms with E-state index in [4.69, 9.17) is 9.47 Å². The zero-order valence-corrected chi connectivity index (χ0v) is 12.8. The van der Waals surface area contributed by atoms with Crippen molar-refractivity contribution >= 4 is 0 Å². The van der Waals surface area contributed by atoms with Gasteiger partial charge in [0.05, 0.1) is 7.11 Å². The molecule has 3 heteroatoms. The molecule has 1 unspecified atom stereocenters. The van der Waals surface area contributed by atoms with E-state index in [-0.39, 0.29) is 17.8 Å². The number of benzene rings is 2. The Morgan fingerprint density at radius 1 is 1.14 bits per heavy atom. The highest BCUT2D eigenvalue weighted by Gasteiger charge is 2.35. The fourth-order valence-corrected chi connectivity index (χ4v) is 3.08. The summed E-state index contributed by atoms with van der Waals surface area (Å²) >= 11 is 0. The van der Waals surface area contributed by atoms with Crippen LogP contribution < -0.4 is 9.47 Å². The Kier molecular flexibility index (Phi) is 3.28. The van der Waals surface area contributed by atoms with E-state index in [1.165, 1.54) is 5.56 Å². The molecule has 0 saturated heterocycles. The van der Waals surface area contributed by atoms with Crippen LogP contribution in [0.5, 0.6) is 17.2 Å². The molecular formula is C18H20O3. The highest BCUT2D eigenvalue weighted by atomic mass is 16.5. The molecule has 1 aliphatic heterocycles. The first-order chi connectivity index (χ1) is 10.0. The molecule has 0 bridgehead atoms. The average Bonchev–Trinajstić information content (AvgIpc) is 2.81. The molecule has 0 fully saturated rings. The second-order valence-electron chi connectivity index (χ2n) is 5.70. The number of rotatable bonds is 2. The van der Waals surface area contributed by atoms with Crippen LogP contribution in [0.4, 0.5) is 0 Å². The summed E-state index contributed by atoms with van der Waals surface area (Å²) in [6.45, 7) is 6.12. The van der Waals surface area contributed by atoms with Crippen LogP contribution in [0.15, 0.2) is 30.3 Å². The summed E-state index contributed by atoms with van der Waals surface area (Å²) in [5, 5.41) is 10.2. The molecule has 0 aliphatic carbocycles. The fourth-order valence-electron chi connectivity index (χ4n) is 3.08. The molecule has 0 spiro atoms. The van der Waals surface area contributed by atoms with Crippen molar-refractivity contribution in [3.63, 3.8) is 0 Å². The summed E-state index contributed by atoms with van der Waals surface area (Å²) in [6.07, 6.45) is -0.0224. The molecule has 21 heavy (non-hydrogen) atoms. The van der Waals surface area contributed by atoms with Crippen molar-refractivity contribution in [1.82, 2.24) is 0 Å². The number of aryl methyl sites for hydroxylation is 1. The summed E-state index contributed by atoms with van der Waals surface area (Å²) in [4.78, 5) is 0. The fraction of sp³-hybridized carbons (Fsp3) is 0.333. The molecule has 2 aromatic rings. The van der Waals surface area contributed by atoms with Crippen molar-refractivity contribution in [3.8, 4) is 17.2 Å².